The molecule has 0 aliphatic carbocycles. The summed E-state index contributed by atoms with van der Waals surface area (Å²) in [5.41, 5.74) is 0. The first-order valence-corrected chi connectivity index (χ1v) is 11.2. The summed E-state index contributed by atoms with van der Waals surface area (Å²) in [6.45, 7) is 3.86. The molecule has 0 aromatic heterocycles. The number of thiocarbonyl (C=S) groups is 2. The summed E-state index contributed by atoms with van der Waals surface area (Å²) in [5, 5.41) is 13.7. The number of carbonyl (C=O) groups excluding carboxylic acids is 2. The van der Waals surface area contributed by atoms with E-state index in [-0.39, 0.29) is 23.8 Å². The number of ether oxygens (including phenoxy) is 2. The van der Waals surface area contributed by atoms with Crippen molar-refractivity contribution in [3.63, 3.8) is 0 Å². The van der Waals surface area contributed by atoms with Crippen molar-refractivity contribution >= 4 is 46.6 Å². The molecule has 2 fully saturated rings. The number of esters is 2. The monoisotopic (exact) mass is 444 g/mol. The van der Waals surface area contributed by atoms with Gasteiger partial charge in [-0.3, -0.25) is 9.59 Å². The molecule has 0 aromatic carbocycles. The number of cyclic esters (lactones) is 2. The maximum atomic E-state index is 11.6. The summed E-state index contributed by atoms with van der Waals surface area (Å²) >= 11 is 10.5. The molecule has 29 heavy (non-hydrogen) atoms. The Labute approximate surface area is 183 Å². The van der Waals surface area contributed by atoms with Crippen LogP contribution >= 0.6 is 24.4 Å². The Morgan fingerprint density at radius 2 is 1.17 bits per heavy atom. The summed E-state index contributed by atoms with van der Waals surface area (Å²) in [6, 6.07) is 0. The van der Waals surface area contributed by atoms with Crippen LogP contribution in [0.3, 0.4) is 0 Å². The Hall–Kier alpha value is -1.68. The van der Waals surface area contributed by atoms with Gasteiger partial charge < -0.3 is 30.7 Å². The highest BCUT2D eigenvalue weighted by Gasteiger charge is 2.24. The maximum Gasteiger partial charge on any atom is 0.308 e. The number of hydrogen-bond donors (Lipinski definition) is 4. The molecule has 2 rings (SSSR count). The molecule has 0 spiro atoms. The molecule has 2 heterocycles. The van der Waals surface area contributed by atoms with Gasteiger partial charge in [0, 0.05) is 26.2 Å². The van der Waals surface area contributed by atoms with Gasteiger partial charge in [0.05, 0.1) is 25.0 Å². The second kappa shape index (κ2) is 13.5. The van der Waals surface area contributed by atoms with Crippen molar-refractivity contribution in [2.75, 3.05) is 39.4 Å². The van der Waals surface area contributed by atoms with Crippen molar-refractivity contribution in [2.24, 2.45) is 11.8 Å². The maximum absolute atomic E-state index is 11.6. The fraction of sp³-hybridized carbons (Fsp3) is 0.789. The SMILES string of the molecule is O=C1OCCCC1CCNC(=S)NCCCNC(=S)NCCC1CCCOC1=O. The van der Waals surface area contributed by atoms with Crippen molar-refractivity contribution in [3.05, 3.63) is 0 Å². The molecule has 8 nitrogen and oxygen atoms in total. The van der Waals surface area contributed by atoms with E-state index in [1.807, 2.05) is 0 Å². The van der Waals surface area contributed by atoms with Crippen molar-refractivity contribution < 1.29 is 19.1 Å². The Kier molecular flexibility index (Phi) is 11.0. The number of nitrogens with one attached hydrogen (secondary N) is 4. The highest BCUT2D eigenvalue weighted by molar-refractivity contribution is 7.80. The lowest BCUT2D eigenvalue weighted by Gasteiger charge is -2.21. The summed E-state index contributed by atoms with van der Waals surface area (Å²) < 4.78 is 10.1. The van der Waals surface area contributed by atoms with Crippen LogP contribution in [0.1, 0.15) is 44.9 Å². The number of hydrogen-bond acceptors (Lipinski definition) is 6. The van der Waals surface area contributed by atoms with Crippen LogP contribution in [0.25, 0.3) is 0 Å². The second-order valence-electron chi connectivity index (χ2n) is 7.31. The van der Waals surface area contributed by atoms with Crippen LogP contribution in [0.4, 0.5) is 0 Å². The molecule has 0 amide bonds. The summed E-state index contributed by atoms with van der Waals surface area (Å²) in [7, 11) is 0. The molecule has 0 bridgehead atoms. The minimum Gasteiger partial charge on any atom is -0.465 e. The van der Waals surface area contributed by atoms with E-state index in [1.54, 1.807) is 0 Å². The topological polar surface area (TPSA) is 101 Å². The van der Waals surface area contributed by atoms with Crippen LogP contribution < -0.4 is 21.3 Å². The second-order valence-corrected chi connectivity index (χ2v) is 8.13. The van der Waals surface area contributed by atoms with E-state index < -0.39 is 0 Å². The van der Waals surface area contributed by atoms with Crippen LogP contribution in [-0.4, -0.2) is 61.6 Å². The van der Waals surface area contributed by atoms with Crippen LogP contribution in [0.2, 0.25) is 0 Å². The van der Waals surface area contributed by atoms with E-state index in [0.29, 0.717) is 36.5 Å². The molecule has 2 atom stereocenters. The first-order chi connectivity index (χ1) is 14.1. The molecule has 2 aliphatic heterocycles. The van der Waals surface area contributed by atoms with Gasteiger partial charge in [-0.1, -0.05) is 0 Å². The average molecular weight is 445 g/mol. The molecule has 2 aliphatic rings. The molecular weight excluding hydrogens is 412 g/mol. The van der Waals surface area contributed by atoms with Crippen LogP contribution in [0.15, 0.2) is 0 Å². The van der Waals surface area contributed by atoms with Gasteiger partial charge in [0.25, 0.3) is 0 Å². The highest BCUT2D eigenvalue weighted by Crippen LogP contribution is 2.18. The predicted octanol–water partition coefficient (Wildman–Crippen LogP) is 0.991. The van der Waals surface area contributed by atoms with Gasteiger partial charge in [-0.05, 0) is 69.4 Å². The third-order valence-corrected chi connectivity index (χ3v) is 5.61. The van der Waals surface area contributed by atoms with Crippen molar-refractivity contribution in [1.29, 1.82) is 0 Å². The first kappa shape index (κ1) is 23.6. The Morgan fingerprint density at radius 1 is 0.759 bits per heavy atom. The standard InChI is InChI=1S/C19H32N4O4S2/c24-16-14(4-1-12-26-16)6-10-22-18(28)20-8-3-9-21-19(29)23-11-7-15-5-2-13-27-17(15)25/h14-15H,1-13H2,(H2,20,22,28)(H2,21,23,29). The first-order valence-electron chi connectivity index (χ1n) is 10.4. The fourth-order valence-electron chi connectivity index (χ4n) is 3.34. The van der Waals surface area contributed by atoms with Gasteiger partial charge >= 0.3 is 11.9 Å². The van der Waals surface area contributed by atoms with Gasteiger partial charge in [0.1, 0.15) is 0 Å². The summed E-state index contributed by atoms with van der Waals surface area (Å²) in [6.07, 6.45) is 6.00. The summed E-state index contributed by atoms with van der Waals surface area (Å²) in [4.78, 5) is 23.2. The molecule has 164 valence electrons. The van der Waals surface area contributed by atoms with Crippen LogP contribution in [0, 0.1) is 11.8 Å². The zero-order valence-corrected chi connectivity index (χ0v) is 18.4. The quantitative estimate of drug-likeness (QED) is 0.222. The third-order valence-electron chi connectivity index (χ3n) is 5.03. The van der Waals surface area contributed by atoms with Gasteiger partial charge in [-0.2, -0.15) is 0 Å². The number of carbonyl (C=O) groups is 2. The fourth-order valence-corrected chi connectivity index (χ4v) is 3.75. The van der Waals surface area contributed by atoms with Gasteiger partial charge in [0.15, 0.2) is 10.2 Å². The molecule has 0 radical (unpaired) electrons. The van der Waals surface area contributed by atoms with E-state index >= 15 is 0 Å². The Balaban J connectivity index is 1.41. The molecule has 4 N–H and O–H groups in total. The van der Waals surface area contributed by atoms with Crippen molar-refractivity contribution in [3.8, 4) is 0 Å². The lowest BCUT2D eigenvalue weighted by molar-refractivity contribution is -0.153. The van der Waals surface area contributed by atoms with Crippen molar-refractivity contribution in [1.82, 2.24) is 21.3 Å². The minimum absolute atomic E-state index is 0.0134. The molecule has 0 saturated carbocycles. The van der Waals surface area contributed by atoms with E-state index in [0.717, 1.165) is 58.0 Å². The largest absolute Gasteiger partial charge is 0.465 e. The lowest BCUT2D eigenvalue weighted by atomic mass is 9.98. The molecule has 10 heteroatoms. The van der Waals surface area contributed by atoms with E-state index in [2.05, 4.69) is 21.3 Å². The average Bonchev–Trinajstić information content (AvgIpc) is 2.70. The molecule has 0 aromatic rings. The molecule has 2 unspecified atom stereocenters. The minimum atomic E-state index is -0.0914. The van der Waals surface area contributed by atoms with Gasteiger partial charge in [-0.25, -0.2) is 0 Å². The van der Waals surface area contributed by atoms with Gasteiger partial charge in [0.2, 0.25) is 0 Å². The van der Waals surface area contributed by atoms with E-state index in [9.17, 15) is 9.59 Å². The number of rotatable bonds is 10. The summed E-state index contributed by atoms with van der Waals surface area (Å²) in [5.74, 6) is -0.210. The van der Waals surface area contributed by atoms with E-state index in [4.69, 9.17) is 33.9 Å². The third kappa shape index (κ3) is 9.58. The smallest absolute Gasteiger partial charge is 0.308 e. The van der Waals surface area contributed by atoms with E-state index in [1.165, 1.54) is 0 Å². The van der Waals surface area contributed by atoms with Crippen LogP contribution in [-0.2, 0) is 19.1 Å². The lowest BCUT2D eigenvalue weighted by Crippen LogP contribution is -2.40. The normalized spacial score (nSPS) is 21.5. The Bertz CT molecular complexity index is 528. The Morgan fingerprint density at radius 3 is 1.59 bits per heavy atom. The zero-order valence-electron chi connectivity index (χ0n) is 16.8. The predicted molar refractivity (Wildman–Crippen MR) is 118 cm³/mol. The highest BCUT2D eigenvalue weighted by atomic mass is 32.1. The molecule has 2 saturated heterocycles. The zero-order chi connectivity index (χ0) is 20.9. The van der Waals surface area contributed by atoms with Gasteiger partial charge in [-0.15, -0.1) is 0 Å². The molecular formula is C19H32N4O4S2. The van der Waals surface area contributed by atoms with Crippen molar-refractivity contribution in [2.45, 2.75) is 44.9 Å². The van der Waals surface area contributed by atoms with Crippen LogP contribution in [0.5, 0.6) is 0 Å².